The Balaban J connectivity index is 1.37. The monoisotopic (exact) mass is 465 g/mol. The number of carbonyl (C=O) groups is 1. The average Bonchev–Trinajstić information content (AvgIpc) is 3.31. The van der Waals surface area contributed by atoms with Gasteiger partial charge in [-0.1, -0.05) is 33.1 Å². The first-order valence-corrected chi connectivity index (χ1v) is 12.4. The number of hydrogen-bond acceptors (Lipinski definition) is 6. The van der Waals surface area contributed by atoms with Crippen LogP contribution in [-0.4, -0.2) is 50.2 Å². The number of likely N-dealkylation sites (tertiary alicyclic amines) is 1. The highest BCUT2D eigenvalue weighted by atomic mass is 16.6. The third kappa shape index (κ3) is 5.48. The number of hydrogen-bond donors (Lipinski definition) is 0. The fourth-order valence-electron chi connectivity index (χ4n) is 4.51. The van der Waals surface area contributed by atoms with Crippen LogP contribution in [0.3, 0.4) is 0 Å². The third-order valence-electron chi connectivity index (χ3n) is 6.74. The maximum Gasteiger partial charge on any atom is 0.409 e. The molecule has 0 aromatic carbocycles. The van der Waals surface area contributed by atoms with Crippen molar-refractivity contribution in [1.29, 1.82) is 0 Å². The Labute approximate surface area is 201 Å². The molecule has 1 atom stereocenters. The van der Waals surface area contributed by atoms with E-state index < -0.39 is 0 Å². The fourth-order valence-corrected chi connectivity index (χ4v) is 4.51. The summed E-state index contributed by atoms with van der Waals surface area (Å²) in [7, 11) is 0. The van der Waals surface area contributed by atoms with E-state index in [1.807, 2.05) is 36.2 Å². The molecular weight excluding hydrogens is 430 g/mol. The zero-order valence-electron chi connectivity index (χ0n) is 20.4. The zero-order valence-corrected chi connectivity index (χ0v) is 20.4. The predicted molar refractivity (Wildman–Crippen MR) is 131 cm³/mol. The molecule has 3 aromatic rings. The number of fused-ring (bicyclic) bond motifs is 1. The SMILES string of the molecule is CCCCC(CC)COC(=O)N1CCC(n2ccc3c(Oc4cccnc4C)ncnc32)CC1. The third-order valence-corrected chi connectivity index (χ3v) is 6.74. The summed E-state index contributed by atoms with van der Waals surface area (Å²) in [6, 6.07) is 5.99. The molecule has 0 saturated carbocycles. The minimum atomic E-state index is -0.185. The van der Waals surface area contributed by atoms with E-state index in [4.69, 9.17) is 9.47 Å². The Morgan fingerprint density at radius 2 is 2.00 bits per heavy atom. The normalized spacial score (nSPS) is 15.4. The molecule has 4 heterocycles. The molecule has 3 aromatic heterocycles. The van der Waals surface area contributed by atoms with E-state index in [-0.39, 0.29) is 12.1 Å². The molecule has 8 nitrogen and oxygen atoms in total. The Morgan fingerprint density at radius 1 is 1.18 bits per heavy atom. The van der Waals surface area contributed by atoms with Gasteiger partial charge in [-0.05, 0) is 50.3 Å². The quantitative estimate of drug-likeness (QED) is 0.390. The zero-order chi connectivity index (χ0) is 23.9. The maximum atomic E-state index is 12.6. The summed E-state index contributed by atoms with van der Waals surface area (Å²) in [6.45, 7) is 8.15. The number of ether oxygens (including phenoxy) is 2. The van der Waals surface area contributed by atoms with Crippen LogP contribution < -0.4 is 4.74 Å². The second kappa shape index (κ2) is 11.3. The molecule has 1 fully saturated rings. The topological polar surface area (TPSA) is 82.4 Å². The molecular formula is C26H35N5O3. The number of carbonyl (C=O) groups excluding carboxylic acids is 1. The highest BCUT2D eigenvalue weighted by molar-refractivity contribution is 5.81. The largest absolute Gasteiger partial charge is 0.449 e. The van der Waals surface area contributed by atoms with Crippen LogP contribution in [-0.2, 0) is 4.74 Å². The van der Waals surface area contributed by atoms with Crippen molar-refractivity contribution in [2.45, 2.75) is 65.3 Å². The van der Waals surface area contributed by atoms with E-state index in [1.54, 1.807) is 6.20 Å². The number of piperidine rings is 1. The lowest BCUT2D eigenvalue weighted by Crippen LogP contribution is -2.39. The van der Waals surface area contributed by atoms with Gasteiger partial charge in [0.25, 0.3) is 0 Å². The van der Waals surface area contributed by atoms with Crippen molar-refractivity contribution in [3.8, 4) is 11.6 Å². The second-order valence-corrected chi connectivity index (χ2v) is 9.04. The predicted octanol–water partition coefficient (Wildman–Crippen LogP) is 5.92. The summed E-state index contributed by atoms with van der Waals surface area (Å²) in [5.41, 5.74) is 1.65. The fraction of sp³-hybridized carbons (Fsp3) is 0.538. The summed E-state index contributed by atoms with van der Waals surface area (Å²) in [5, 5.41) is 0.866. The molecule has 182 valence electrons. The minimum Gasteiger partial charge on any atom is -0.449 e. The number of aryl methyl sites for hydroxylation is 1. The van der Waals surface area contributed by atoms with Crippen molar-refractivity contribution in [1.82, 2.24) is 24.4 Å². The summed E-state index contributed by atoms with van der Waals surface area (Å²) < 4.78 is 13.9. The Hall–Kier alpha value is -3.16. The molecule has 4 rings (SSSR count). The van der Waals surface area contributed by atoms with E-state index in [0.717, 1.165) is 42.4 Å². The van der Waals surface area contributed by atoms with Gasteiger partial charge in [-0.2, -0.15) is 0 Å². The van der Waals surface area contributed by atoms with Crippen LogP contribution in [0.25, 0.3) is 11.0 Å². The molecule has 1 aliphatic heterocycles. The van der Waals surface area contributed by atoms with E-state index in [0.29, 0.717) is 37.2 Å². The van der Waals surface area contributed by atoms with Gasteiger partial charge in [-0.15, -0.1) is 0 Å². The molecule has 0 bridgehead atoms. The number of pyridine rings is 1. The molecule has 1 aliphatic rings. The Morgan fingerprint density at radius 3 is 2.74 bits per heavy atom. The van der Waals surface area contributed by atoms with Gasteiger partial charge in [-0.3, -0.25) is 4.98 Å². The van der Waals surface area contributed by atoms with Gasteiger partial charge < -0.3 is 18.9 Å². The van der Waals surface area contributed by atoms with Crippen LogP contribution in [0.2, 0.25) is 0 Å². The highest BCUT2D eigenvalue weighted by Crippen LogP contribution is 2.32. The summed E-state index contributed by atoms with van der Waals surface area (Å²) in [6.07, 6.45) is 11.4. The molecule has 1 unspecified atom stereocenters. The standard InChI is InChI=1S/C26H35N5O3/c1-4-6-8-20(5-2)17-33-26(32)30-14-10-21(11-15-30)31-16-12-22-24(31)28-18-29-25(22)34-23-9-7-13-27-19(23)3/h7,9,12-13,16,18,20-21H,4-6,8,10-11,14-15,17H2,1-3H3. The molecule has 1 amide bonds. The van der Waals surface area contributed by atoms with E-state index in [2.05, 4.69) is 33.4 Å². The van der Waals surface area contributed by atoms with E-state index in [1.165, 1.54) is 19.2 Å². The van der Waals surface area contributed by atoms with Crippen molar-refractivity contribution >= 4 is 17.1 Å². The van der Waals surface area contributed by atoms with Crippen LogP contribution in [0.4, 0.5) is 4.79 Å². The number of amides is 1. The van der Waals surface area contributed by atoms with Crippen molar-refractivity contribution in [3.05, 3.63) is 42.6 Å². The van der Waals surface area contributed by atoms with Crippen molar-refractivity contribution < 1.29 is 14.3 Å². The van der Waals surface area contributed by atoms with Gasteiger partial charge in [0.2, 0.25) is 5.88 Å². The van der Waals surface area contributed by atoms with E-state index >= 15 is 0 Å². The lowest BCUT2D eigenvalue weighted by atomic mass is 10.0. The van der Waals surface area contributed by atoms with Crippen LogP contribution in [0, 0.1) is 12.8 Å². The van der Waals surface area contributed by atoms with Gasteiger partial charge in [0.1, 0.15) is 12.0 Å². The van der Waals surface area contributed by atoms with Gasteiger partial charge in [0, 0.05) is 31.5 Å². The first kappa shape index (κ1) is 24.0. The molecule has 34 heavy (non-hydrogen) atoms. The van der Waals surface area contributed by atoms with Gasteiger partial charge in [-0.25, -0.2) is 14.8 Å². The van der Waals surface area contributed by atoms with Crippen LogP contribution >= 0.6 is 0 Å². The minimum absolute atomic E-state index is 0.185. The number of rotatable bonds is 9. The van der Waals surface area contributed by atoms with E-state index in [9.17, 15) is 4.79 Å². The second-order valence-electron chi connectivity index (χ2n) is 9.04. The van der Waals surface area contributed by atoms with Gasteiger partial charge in [0.05, 0.1) is 17.7 Å². The Kier molecular flexibility index (Phi) is 7.98. The summed E-state index contributed by atoms with van der Waals surface area (Å²) >= 11 is 0. The van der Waals surface area contributed by atoms with Crippen LogP contribution in [0.1, 0.15) is 64.1 Å². The Bertz CT molecular complexity index is 1090. The summed E-state index contributed by atoms with van der Waals surface area (Å²) in [5.74, 6) is 1.66. The first-order valence-electron chi connectivity index (χ1n) is 12.4. The lowest BCUT2D eigenvalue weighted by molar-refractivity contribution is 0.0738. The molecule has 0 radical (unpaired) electrons. The van der Waals surface area contributed by atoms with Crippen LogP contribution in [0.5, 0.6) is 11.6 Å². The maximum absolute atomic E-state index is 12.6. The molecule has 0 aliphatic carbocycles. The van der Waals surface area contributed by atoms with Crippen molar-refractivity contribution in [2.75, 3.05) is 19.7 Å². The molecule has 8 heteroatoms. The van der Waals surface area contributed by atoms with Crippen molar-refractivity contribution in [3.63, 3.8) is 0 Å². The highest BCUT2D eigenvalue weighted by Gasteiger charge is 2.26. The lowest BCUT2D eigenvalue weighted by Gasteiger charge is -2.32. The van der Waals surface area contributed by atoms with Crippen molar-refractivity contribution in [2.24, 2.45) is 5.92 Å². The number of aromatic nitrogens is 4. The first-order chi connectivity index (χ1) is 16.6. The average molecular weight is 466 g/mol. The number of nitrogens with zero attached hydrogens (tertiary/aromatic N) is 5. The molecule has 0 spiro atoms. The molecule has 1 saturated heterocycles. The number of unbranched alkanes of at least 4 members (excludes halogenated alkanes) is 1. The van der Waals surface area contributed by atoms with Crippen LogP contribution in [0.15, 0.2) is 36.9 Å². The van der Waals surface area contributed by atoms with Gasteiger partial charge in [0.15, 0.2) is 5.75 Å². The molecule has 0 N–H and O–H groups in total. The smallest absolute Gasteiger partial charge is 0.409 e. The summed E-state index contributed by atoms with van der Waals surface area (Å²) in [4.78, 5) is 27.6. The van der Waals surface area contributed by atoms with Gasteiger partial charge >= 0.3 is 6.09 Å².